The summed E-state index contributed by atoms with van der Waals surface area (Å²) in [5.41, 5.74) is -0.0674. The molecular weight excluding hydrogens is 234 g/mol. The Morgan fingerprint density at radius 1 is 1.56 bits per heavy atom. The topological polar surface area (TPSA) is 97.5 Å². The highest BCUT2D eigenvalue weighted by Gasteiger charge is 2.11. The number of aliphatic carboxylic acids is 1. The van der Waals surface area contributed by atoms with Gasteiger partial charge < -0.3 is 5.11 Å². The molecule has 0 amide bonds. The summed E-state index contributed by atoms with van der Waals surface area (Å²) >= 11 is 0.947. The number of hydrogen-bond acceptors (Lipinski definition) is 5. The van der Waals surface area contributed by atoms with Gasteiger partial charge in [-0.15, -0.1) is 11.8 Å². The van der Waals surface area contributed by atoms with Crippen LogP contribution in [0.4, 0.5) is 5.69 Å². The van der Waals surface area contributed by atoms with Gasteiger partial charge in [-0.05, 0) is 6.07 Å². The Hall–Kier alpha value is -1.89. The number of thioether (sulfide) groups is 1. The van der Waals surface area contributed by atoms with Gasteiger partial charge in [-0.1, -0.05) is 0 Å². The summed E-state index contributed by atoms with van der Waals surface area (Å²) < 4.78 is 0. The number of nitro benzene ring substituents is 1. The normalized spacial score (nSPS) is 9.75. The van der Waals surface area contributed by atoms with Crippen LogP contribution in [0.15, 0.2) is 23.1 Å². The van der Waals surface area contributed by atoms with E-state index in [1.807, 2.05) is 0 Å². The molecule has 0 saturated heterocycles. The van der Waals surface area contributed by atoms with Crippen molar-refractivity contribution in [2.45, 2.75) is 4.90 Å². The maximum atomic E-state index is 10.7. The Kier molecular flexibility index (Phi) is 4.01. The Morgan fingerprint density at radius 3 is 2.75 bits per heavy atom. The zero-order valence-electron chi connectivity index (χ0n) is 7.95. The first-order valence-corrected chi connectivity index (χ1v) is 5.11. The molecule has 0 saturated carbocycles. The number of aldehydes is 1. The van der Waals surface area contributed by atoms with Gasteiger partial charge in [0.15, 0.2) is 6.29 Å². The third-order valence-electron chi connectivity index (χ3n) is 1.68. The van der Waals surface area contributed by atoms with Crippen molar-refractivity contribution in [1.82, 2.24) is 0 Å². The molecular formula is C9H7NO5S. The minimum atomic E-state index is -1.01. The Balaban J connectivity index is 2.97. The van der Waals surface area contributed by atoms with Crippen LogP contribution in [-0.4, -0.2) is 28.0 Å². The predicted molar refractivity (Wildman–Crippen MR) is 56.8 cm³/mol. The number of carbonyl (C=O) groups excluding carboxylic acids is 1. The molecule has 16 heavy (non-hydrogen) atoms. The summed E-state index contributed by atoms with van der Waals surface area (Å²) in [5, 5.41) is 18.9. The number of carboxylic acids is 1. The number of hydrogen-bond donors (Lipinski definition) is 1. The van der Waals surface area contributed by atoms with Gasteiger partial charge in [0.1, 0.15) is 0 Å². The van der Waals surface area contributed by atoms with Crippen LogP contribution in [0.2, 0.25) is 0 Å². The molecule has 6 nitrogen and oxygen atoms in total. The Labute approximate surface area is 94.4 Å². The zero-order valence-corrected chi connectivity index (χ0v) is 8.77. The van der Waals surface area contributed by atoms with Crippen molar-refractivity contribution in [3.63, 3.8) is 0 Å². The van der Waals surface area contributed by atoms with E-state index in [0.717, 1.165) is 17.8 Å². The SMILES string of the molecule is O=Cc1cc([N+](=O)[O-])ccc1SCC(=O)O. The maximum absolute atomic E-state index is 10.7. The molecule has 0 radical (unpaired) electrons. The molecule has 0 bridgehead atoms. The highest BCUT2D eigenvalue weighted by atomic mass is 32.2. The first-order valence-electron chi connectivity index (χ1n) is 4.13. The fraction of sp³-hybridized carbons (Fsp3) is 0.111. The van der Waals surface area contributed by atoms with E-state index in [9.17, 15) is 19.7 Å². The number of carbonyl (C=O) groups is 2. The van der Waals surface area contributed by atoms with Crippen LogP contribution in [-0.2, 0) is 4.79 Å². The first kappa shape index (κ1) is 12.2. The standard InChI is InChI=1S/C9H7NO5S/c11-4-6-3-7(10(14)15)1-2-8(6)16-5-9(12)13/h1-4H,5H2,(H,12,13). The van der Waals surface area contributed by atoms with Crippen molar-refractivity contribution in [3.8, 4) is 0 Å². The number of carboxylic acid groups (broad SMARTS) is 1. The highest BCUT2D eigenvalue weighted by molar-refractivity contribution is 8.00. The summed E-state index contributed by atoms with van der Waals surface area (Å²) in [6, 6.07) is 3.73. The molecule has 0 heterocycles. The average Bonchev–Trinajstić information content (AvgIpc) is 2.25. The van der Waals surface area contributed by atoms with E-state index in [-0.39, 0.29) is 17.0 Å². The molecule has 0 aromatic heterocycles. The number of rotatable bonds is 5. The number of non-ortho nitro benzene ring substituents is 1. The van der Waals surface area contributed by atoms with E-state index in [2.05, 4.69) is 0 Å². The van der Waals surface area contributed by atoms with Crippen LogP contribution in [0.5, 0.6) is 0 Å². The lowest BCUT2D eigenvalue weighted by molar-refractivity contribution is -0.384. The molecule has 1 N–H and O–H groups in total. The summed E-state index contributed by atoms with van der Waals surface area (Å²) in [4.78, 5) is 31.2. The lowest BCUT2D eigenvalue weighted by atomic mass is 10.2. The summed E-state index contributed by atoms with van der Waals surface area (Å²) in [6.07, 6.45) is 0.469. The minimum Gasteiger partial charge on any atom is -0.481 e. The van der Waals surface area contributed by atoms with Gasteiger partial charge in [0, 0.05) is 22.6 Å². The number of nitrogens with zero attached hydrogens (tertiary/aromatic N) is 1. The molecule has 84 valence electrons. The molecule has 0 aliphatic rings. The fourth-order valence-electron chi connectivity index (χ4n) is 1.01. The second-order valence-corrected chi connectivity index (χ2v) is 3.80. The van der Waals surface area contributed by atoms with E-state index in [4.69, 9.17) is 5.11 Å². The molecule has 0 unspecified atom stereocenters. The molecule has 0 spiro atoms. The van der Waals surface area contributed by atoms with Crippen molar-refractivity contribution in [2.75, 3.05) is 5.75 Å². The average molecular weight is 241 g/mol. The molecule has 0 aliphatic carbocycles. The van der Waals surface area contributed by atoms with E-state index in [0.29, 0.717) is 11.2 Å². The Bertz CT molecular complexity index is 446. The molecule has 0 atom stereocenters. The molecule has 0 fully saturated rings. The van der Waals surface area contributed by atoms with Crippen molar-refractivity contribution in [1.29, 1.82) is 0 Å². The van der Waals surface area contributed by atoms with Gasteiger partial charge in [0.25, 0.3) is 5.69 Å². The molecule has 7 heteroatoms. The summed E-state index contributed by atoms with van der Waals surface area (Å²) in [5.74, 6) is -1.21. The van der Waals surface area contributed by atoms with Gasteiger partial charge >= 0.3 is 5.97 Å². The molecule has 1 rings (SSSR count). The smallest absolute Gasteiger partial charge is 0.313 e. The van der Waals surface area contributed by atoms with Crippen LogP contribution in [0.3, 0.4) is 0 Å². The summed E-state index contributed by atoms with van der Waals surface area (Å²) in [7, 11) is 0. The fourth-order valence-corrected chi connectivity index (χ4v) is 1.73. The lowest BCUT2D eigenvalue weighted by Crippen LogP contribution is -1.99. The first-order chi connectivity index (χ1) is 7.54. The lowest BCUT2D eigenvalue weighted by Gasteiger charge is -2.01. The van der Waals surface area contributed by atoms with Gasteiger partial charge in [0.2, 0.25) is 0 Å². The number of benzene rings is 1. The van der Waals surface area contributed by atoms with Crippen LogP contribution >= 0.6 is 11.8 Å². The van der Waals surface area contributed by atoms with Gasteiger partial charge in [-0.3, -0.25) is 19.7 Å². The van der Waals surface area contributed by atoms with Crippen molar-refractivity contribution in [3.05, 3.63) is 33.9 Å². The second kappa shape index (κ2) is 5.26. The van der Waals surface area contributed by atoms with Crippen molar-refractivity contribution in [2.24, 2.45) is 0 Å². The highest BCUT2D eigenvalue weighted by Crippen LogP contribution is 2.25. The van der Waals surface area contributed by atoms with Crippen molar-refractivity contribution >= 4 is 29.7 Å². The second-order valence-electron chi connectivity index (χ2n) is 2.78. The van der Waals surface area contributed by atoms with Crippen molar-refractivity contribution < 1.29 is 19.6 Å². The zero-order chi connectivity index (χ0) is 12.1. The van der Waals surface area contributed by atoms with Gasteiger partial charge in [0.05, 0.1) is 10.7 Å². The van der Waals surface area contributed by atoms with Gasteiger partial charge in [-0.25, -0.2) is 0 Å². The van der Waals surface area contributed by atoms with Crippen LogP contribution in [0, 0.1) is 10.1 Å². The molecule has 1 aromatic carbocycles. The third-order valence-corrected chi connectivity index (χ3v) is 2.76. The third kappa shape index (κ3) is 3.06. The number of nitro groups is 1. The monoisotopic (exact) mass is 241 g/mol. The quantitative estimate of drug-likeness (QED) is 0.364. The largest absolute Gasteiger partial charge is 0.481 e. The molecule has 0 aliphatic heterocycles. The van der Waals surface area contributed by atoms with E-state index in [1.54, 1.807) is 0 Å². The van der Waals surface area contributed by atoms with Crippen LogP contribution < -0.4 is 0 Å². The predicted octanol–water partition coefficient (Wildman–Crippen LogP) is 1.58. The van der Waals surface area contributed by atoms with Crippen LogP contribution in [0.1, 0.15) is 10.4 Å². The van der Waals surface area contributed by atoms with E-state index in [1.165, 1.54) is 12.1 Å². The maximum Gasteiger partial charge on any atom is 0.313 e. The van der Waals surface area contributed by atoms with E-state index >= 15 is 0 Å². The van der Waals surface area contributed by atoms with Crippen LogP contribution in [0.25, 0.3) is 0 Å². The minimum absolute atomic E-state index is 0.125. The molecule has 1 aromatic rings. The Morgan fingerprint density at radius 2 is 2.25 bits per heavy atom. The van der Waals surface area contributed by atoms with E-state index < -0.39 is 10.9 Å². The van der Waals surface area contributed by atoms with Gasteiger partial charge in [-0.2, -0.15) is 0 Å². The summed E-state index contributed by atoms with van der Waals surface area (Å²) in [6.45, 7) is 0.